The number of methoxy groups -OCH3 is 1. The second-order valence-corrected chi connectivity index (χ2v) is 3.34. The van der Waals surface area contributed by atoms with E-state index in [1.54, 1.807) is 32.2 Å². The molecule has 5 nitrogen and oxygen atoms in total. The maximum atomic E-state index is 11.1. The van der Waals surface area contributed by atoms with Crippen LogP contribution in [0.3, 0.4) is 0 Å². The van der Waals surface area contributed by atoms with Gasteiger partial charge < -0.3 is 15.8 Å². The Morgan fingerprint density at radius 2 is 2.12 bits per heavy atom. The van der Waals surface area contributed by atoms with Gasteiger partial charge in [0.1, 0.15) is 5.75 Å². The van der Waals surface area contributed by atoms with E-state index in [4.69, 9.17) is 10.5 Å². The number of primary amides is 1. The van der Waals surface area contributed by atoms with Gasteiger partial charge in [0.2, 0.25) is 0 Å². The highest BCUT2D eigenvalue weighted by atomic mass is 16.5. The average molecular weight is 222 g/mol. The number of benzene rings is 1. The topological polar surface area (TPSA) is 81.4 Å². The monoisotopic (exact) mass is 222 g/mol. The Morgan fingerprint density at radius 1 is 1.44 bits per heavy atom. The van der Waals surface area contributed by atoms with Crippen molar-refractivity contribution < 1.29 is 14.3 Å². The van der Waals surface area contributed by atoms with Crippen LogP contribution >= 0.6 is 0 Å². The molecule has 1 aromatic carbocycles. The van der Waals surface area contributed by atoms with Crippen LogP contribution in [0.2, 0.25) is 0 Å². The van der Waals surface area contributed by atoms with Gasteiger partial charge in [0, 0.05) is 0 Å². The molecule has 0 saturated carbocycles. The number of amides is 2. The van der Waals surface area contributed by atoms with Crippen molar-refractivity contribution in [1.29, 1.82) is 0 Å². The summed E-state index contributed by atoms with van der Waals surface area (Å²) >= 11 is 0. The van der Waals surface area contributed by atoms with Crippen LogP contribution in [0.15, 0.2) is 24.3 Å². The van der Waals surface area contributed by atoms with Crippen LogP contribution in [0.4, 0.5) is 0 Å². The van der Waals surface area contributed by atoms with E-state index in [2.05, 4.69) is 5.32 Å². The molecule has 3 N–H and O–H groups in total. The van der Waals surface area contributed by atoms with E-state index in [1.807, 2.05) is 6.07 Å². The lowest BCUT2D eigenvalue weighted by atomic mass is 10.1. The molecule has 0 aliphatic heterocycles. The predicted octanol–water partition coefficient (Wildman–Crippen LogP) is 0.358. The first-order chi connectivity index (χ1) is 7.54. The predicted molar refractivity (Wildman–Crippen MR) is 58.7 cm³/mol. The Bertz CT molecular complexity index is 404. The number of ether oxygens (including phenoxy) is 1. The van der Waals surface area contributed by atoms with Crippen molar-refractivity contribution >= 4 is 11.8 Å². The number of nitrogens with one attached hydrogen (secondary N) is 1. The lowest BCUT2D eigenvalue weighted by molar-refractivity contribution is -0.137. The van der Waals surface area contributed by atoms with Crippen molar-refractivity contribution in [3.63, 3.8) is 0 Å². The van der Waals surface area contributed by atoms with Gasteiger partial charge in [-0.25, -0.2) is 0 Å². The van der Waals surface area contributed by atoms with Crippen LogP contribution in [0.5, 0.6) is 5.75 Å². The third-order valence-electron chi connectivity index (χ3n) is 2.17. The molecular weight excluding hydrogens is 208 g/mol. The Kier molecular flexibility index (Phi) is 3.88. The van der Waals surface area contributed by atoms with Crippen LogP contribution in [0, 0.1) is 0 Å². The minimum Gasteiger partial charge on any atom is -0.497 e. The number of carbonyl (C=O) groups is 2. The fraction of sp³-hybridized carbons (Fsp3) is 0.273. The zero-order chi connectivity index (χ0) is 12.1. The van der Waals surface area contributed by atoms with Gasteiger partial charge in [0.15, 0.2) is 0 Å². The molecular formula is C11H14N2O3. The maximum Gasteiger partial charge on any atom is 0.309 e. The quantitative estimate of drug-likeness (QED) is 0.724. The summed E-state index contributed by atoms with van der Waals surface area (Å²) < 4.78 is 5.05. The van der Waals surface area contributed by atoms with Gasteiger partial charge in [-0.3, -0.25) is 9.59 Å². The van der Waals surface area contributed by atoms with E-state index in [9.17, 15) is 9.59 Å². The number of rotatable bonds is 3. The minimum atomic E-state index is -0.991. The van der Waals surface area contributed by atoms with Gasteiger partial charge in [0.05, 0.1) is 13.2 Å². The summed E-state index contributed by atoms with van der Waals surface area (Å²) in [5, 5.41) is 2.48. The smallest absolute Gasteiger partial charge is 0.309 e. The van der Waals surface area contributed by atoms with Crippen molar-refractivity contribution in [1.82, 2.24) is 5.32 Å². The van der Waals surface area contributed by atoms with Gasteiger partial charge in [-0.15, -0.1) is 0 Å². The zero-order valence-corrected chi connectivity index (χ0v) is 9.19. The van der Waals surface area contributed by atoms with Crippen LogP contribution in [-0.4, -0.2) is 18.9 Å². The first-order valence-electron chi connectivity index (χ1n) is 4.79. The molecule has 0 aromatic heterocycles. The van der Waals surface area contributed by atoms with Gasteiger partial charge in [-0.05, 0) is 24.6 Å². The molecule has 1 unspecified atom stereocenters. The molecule has 0 bridgehead atoms. The molecule has 0 aliphatic rings. The first-order valence-corrected chi connectivity index (χ1v) is 4.79. The standard InChI is InChI=1S/C11H14N2O3/c1-7(13-11(15)10(12)14)8-4-3-5-9(6-8)16-2/h3-7H,1-2H3,(H2,12,14)(H,13,15). The van der Waals surface area contributed by atoms with E-state index < -0.39 is 11.8 Å². The lowest BCUT2D eigenvalue weighted by Gasteiger charge is -2.13. The summed E-state index contributed by atoms with van der Waals surface area (Å²) in [7, 11) is 1.56. The highest BCUT2D eigenvalue weighted by molar-refractivity contribution is 6.34. The summed E-state index contributed by atoms with van der Waals surface area (Å²) in [6.45, 7) is 1.76. The second kappa shape index (κ2) is 5.16. The van der Waals surface area contributed by atoms with Crippen molar-refractivity contribution in [3.8, 4) is 5.75 Å². The van der Waals surface area contributed by atoms with Crippen molar-refractivity contribution in [2.75, 3.05) is 7.11 Å². The van der Waals surface area contributed by atoms with E-state index in [1.165, 1.54) is 0 Å². The van der Waals surface area contributed by atoms with Crippen LogP contribution < -0.4 is 15.8 Å². The van der Waals surface area contributed by atoms with Crippen LogP contribution in [0.1, 0.15) is 18.5 Å². The van der Waals surface area contributed by atoms with Crippen molar-refractivity contribution in [3.05, 3.63) is 29.8 Å². The normalized spacial score (nSPS) is 11.6. The maximum absolute atomic E-state index is 11.1. The zero-order valence-electron chi connectivity index (χ0n) is 9.19. The van der Waals surface area contributed by atoms with Crippen LogP contribution in [0.25, 0.3) is 0 Å². The molecule has 1 atom stereocenters. The average Bonchev–Trinajstić information content (AvgIpc) is 2.28. The minimum absolute atomic E-state index is 0.296. The summed E-state index contributed by atoms with van der Waals surface area (Å²) in [4.78, 5) is 21.6. The third kappa shape index (κ3) is 2.98. The van der Waals surface area contributed by atoms with E-state index in [0.717, 1.165) is 5.56 Å². The van der Waals surface area contributed by atoms with Gasteiger partial charge in [0.25, 0.3) is 0 Å². The molecule has 0 heterocycles. The third-order valence-corrected chi connectivity index (χ3v) is 2.17. The lowest BCUT2D eigenvalue weighted by Crippen LogP contribution is -2.37. The molecule has 0 saturated heterocycles. The molecule has 5 heteroatoms. The molecule has 1 aromatic rings. The number of carbonyl (C=O) groups excluding carboxylic acids is 2. The van der Waals surface area contributed by atoms with E-state index >= 15 is 0 Å². The summed E-state index contributed by atoms with van der Waals surface area (Å²) in [5.74, 6) is -1.09. The Hall–Kier alpha value is -2.04. The second-order valence-electron chi connectivity index (χ2n) is 3.34. The van der Waals surface area contributed by atoms with Crippen LogP contribution in [-0.2, 0) is 9.59 Å². The SMILES string of the molecule is COc1cccc(C(C)NC(=O)C(N)=O)c1. The molecule has 0 fully saturated rings. The number of hydrogen-bond acceptors (Lipinski definition) is 3. The first kappa shape index (κ1) is 12.0. The van der Waals surface area contributed by atoms with Crippen molar-refractivity contribution in [2.24, 2.45) is 5.73 Å². The molecule has 16 heavy (non-hydrogen) atoms. The number of nitrogens with two attached hydrogens (primary N) is 1. The van der Waals surface area contributed by atoms with Crippen molar-refractivity contribution in [2.45, 2.75) is 13.0 Å². The van der Waals surface area contributed by atoms with E-state index in [-0.39, 0.29) is 6.04 Å². The molecule has 86 valence electrons. The molecule has 0 radical (unpaired) electrons. The number of hydrogen-bond donors (Lipinski definition) is 2. The largest absolute Gasteiger partial charge is 0.497 e. The summed E-state index contributed by atoms with van der Waals surface area (Å²) in [6.07, 6.45) is 0. The fourth-order valence-corrected chi connectivity index (χ4v) is 1.26. The molecule has 1 rings (SSSR count). The fourth-order valence-electron chi connectivity index (χ4n) is 1.26. The highest BCUT2D eigenvalue weighted by Gasteiger charge is 2.13. The molecule has 0 spiro atoms. The Balaban J connectivity index is 2.76. The Labute approximate surface area is 93.6 Å². The summed E-state index contributed by atoms with van der Waals surface area (Å²) in [6, 6.07) is 6.92. The van der Waals surface area contributed by atoms with E-state index in [0.29, 0.717) is 5.75 Å². The van der Waals surface area contributed by atoms with Gasteiger partial charge >= 0.3 is 11.8 Å². The molecule has 2 amide bonds. The summed E-state index contributed by atoms with van der Waals surface area (Å²) in [5.41, 5.74) is 5.68. The highest BCUT2D eigenvalue weighted by Crippen LogP contribution is 2.18. The van der Waals surface area contributed by atoms with Gasteiger partial charge in [-0.2, -0.15) is 0 Å². The Morgan fingerprint density at radius 3 is 2.69 bits per heavy atom. The van der Waals surface area contributed by atoms with Gasteiger partial charge in [-0.1, -0.05) is 12.1 Å². The molecule has 0 aliphatic carbocycles.